The summed E-state index contributed by atoms with van der Waals surface area (Å²) >= 11 is 0. The fraction of sp³-hybridized carbons (Fsp3) is 0.250. The van der Waals surface area contributed by atoms with Crippen molar-refractivity contribution in [1.29, 1.82) is 0 Å². The van der Waals surface area contributed by atoms with Crippen molar-refractivity contribution in [2.45, 2.75) is 12.8 Å². The lowest BCUT2D eigenvalue weighted by Crippen LogP contribution is -2.01. The lowest BCUT2D eigenvalue weighted by molar-refractivity contribution is 0.415. The predicted molar refractivity (Wildman–Crippen MR) is 75.8 cm³/mol. The maximum Gasteiger partial charge on any atom is 0.118 e. The standard InChI is InChI=1S/C16H19NO/c1-18-15-10-8-14(9-11-15)16-7-3-2-5-13(16)6-4-12-17/h2-3,5,7-11H,4,6,12,17H2,1H3. The van der Waals surface area contributed by atoms with E-state index in [-0.39, 0.29) is 0 Å². The highest BCUT2D eigenvalue weighted by Gasteiger charge is 2.04. The minimum atomic E-state index is 0.733. The topological polar surface area (TPSA) is 35.2 Å². The van der Waals surface area contributed by atoms with Gasteiger partial charge in [0.25, 0.3) is 0 Å². The van der Waals surface area contributed by atoms with E-state index in [1.54, 1.807) is 7.11 Å². The van der Waals surface area contributed by atoms with E-state index in [0.29, 0.717) is 0 Å². The number of rotatable bonds is 5. The molecule has 0 heterocycles. The van der Waals surface area contributed by atoms with Gasteiger partial charge in [0, 0.05) is 0 Å². The lowest BCUT2D eigenvalue weighted by Gasteiger charge is -2.10. The van der Waals surface area contributed by atoms with Gasteiger partial charge in [-0.25, -0.2) is 0 Å². The van der Waals surface area contributed by atoms with E-state index in [1.807, 2.05) is 12.1 Å². The van der Waals surface area contributed by atoms with Crippen LogP contribution in [0.4, 0.5) is 0 Å². The van der Waals surface area contributed by atoms with Crippen LogP contribution in [-0.2, 0) is 6.42 Å². The first-order chi connectivity index (χ1) is 8.85. The second kappa shape index (κ2) is 6.22. The van der Waals surface area contributed by atoms with Gasteiger partial charge in [-0.1, -0.05) is 36.4 Å². The van der Waals surface area contributed by atoms with Gasteiger partial charge in [0.05, 0.1) is 7.11 Å². The fourth-order valence-corrected chi connectivity index (χ4v) is 2.08. The minimum Gasteiger partial charge on any atom is -0.497 e. The molecule has 0 aliphatic carbocycles. The number of hydrogen-bond donors (Lipinski definition) is 1. The van der Waals surface area contributed by atoms with E-state index in [4.69, 9.17) is 10.5 Å². The third kappa shape index (κ3) is 2.90. The van der Waals surface area contributed by atoms with Crippen LogP contribution in [0, 0.1) is 0 Å². The molecule has 0 bridgehead atoms. The third-order valence-corrected chi connectivity index (χ3v) is 3.07. The quantitative estimate of drug-likeness (QED) is 0.872. The molecule has 0 aliphatic rings. The largest absolute Gasteiger partial charge is 0.497 e. The Bertz CT molecular complexity index is 491. The molecule has 2 rings (SSSR count). The van der Waals surface area contributed by atoms with Crippen molar-refractivity contribution in [2.24, 2.45) is 5.73 Å². The van der Waals surface area contributed by atoms with Crippen molar-refractivity contribution >= 4 is 0 Å². The van der Waals surface area contributed by atoms with Crippen LogP contribution in [0.15, 0.2) is 48.5 Å². The van der Waals surface area contributed by atoms with Crippen LogP contribution in [0.2, 0.25) is 0 Å². The Kier molecular flexibility index (Phi) is 4.37. The summed E-state index contributed by atoms with van der Waals surface area (Å²) in [6.07, 6.45) is 2.05. The first-order valence-corrected chi connectivity index (χ1v) is 6.27. The van der Waals surface area contributed by atoms with Crippen LogP contribution in [0.25, 0.3) is 11.1 Å². The van der Waals surface area contributed by atoms with E-state index >= 15 is 0 Å². The minimum absolute atomic E-state index is 0.733. The zero-order valence-electron chi connectivity index (χ0n) is 10.7. The van der Waals surface area contributed by atoms with Crippen LogP contribution in [0.5, 0.6) is 5.75 Å². The predicted octanol–water partition coefficient (Wildman–Crippen LogP) is 3.25. The third-order valence-electron chi connectivity index (χ3n) is 3.07. The van der Waals surface area contributed by atoms with Gasteiger partial charge in [-0.3, -0.25) is 0 Å². The molecule has 2 aromatic rings. The Hall–Kier alpha value is -1.80. The van der Waals surface area contributed by atoms with E-state index < -0.39 is 0 Å². The smallest absolute Gasteiger partial charge is 0.118 e. The van der Waals surface area contributed by atoms with Crippen LogP contribution >= 0.6 is 0 Å². The Morgan fingerprint density at radius 1 is 1.00 bits per heavy atom. The highest BCUT2D eigenvalue weighted by Crippen LogP contribution is 2.26. The Labute approximate surface area is 108 Å². The van der Waals surface area contributed by atoms with Crippen molar-refractivity contribution in [1.82, 2.24) is 0 Å². The molecule has 0 amide bonds. The van der Waals surface area contributed by atoms with Gasteiger partial charge in [-0.05, 0) is 48.2 Å². The average Bonchev–Trinajstić information content (AvgIpc) is 2.45. The second-order valence-electron chi connectivity index (χ2n) is 4.28. The van der Waals surface area contributed by atoms with Crippen LogP contribution in [0.3, 0.4) is 0 Å². The van der Waals surface area contributed by atoms with Crippen molar-refractivity contribution in [3.63, 3.8) is 0 Å². The van der Waals surface area contributed by atoms with Gasteiger partial charge in [-0.2, -0.15) is 0 Å². The van der Waals surface area contributed by atoms with Crippen molar-refractivity contribution in [2.75, 3.05) is 13.7 Å². The molecule has 2 N–H and O–H groups in total. The second-order valence-corrected chi connectivity index (χ2v) is 4.28. The molecule has 0 aliphatic heterocycles. The molecule has 2 aromatic carbocycles. The highest BCUT2D eigenvalue weighted by atomic mass is 16.5. The Morgan fingerprint density at radius 3 is 2.39 bits per heavy atom. The average molecular weight is 241 g/mol. The monoisotopic (exact) mass is 241 g/mol. The first-order valence-electron chi connectivity index (χ1n) is 6.27. The van der Waals surface area contributed by atoms with Crippen molar-refractivity contribution in [3.05, 3.63) is 54.1 Å². The van der Waals surface area contributed by atoms with Gasteiger partial charge < -0.3 is 10.5 Å². The van der Waals surface area contributed by atoms with Gasteiger partial charge in [0.1, 0.15) is 5.75 Å². The molecule has 0 radical (unpaired) electrons. The van der Waals surface area contributed by atoms with E-state index in [1.165, 1.54) is 16.7 Å². The fourth-order valence-electron chi connectivity index (χ4n) is 2.08. The normalized spacial score (nSPS) is 10.3. The molecular weight excluding hydrogens is 222 g/mol. The summed E-state index contributed by atoms with van der Waals surface area (Å²) < 4.78 is 5.18. The van der Waals surface area contributed by atoms with Crippen molar-refractivity contribution < 1.29 is 4.74 Å². The van der Waals surface area contributed by atoms with Crippen molar-refractivity contribution in [3.8, 4) is 16.9 Å². The van der Waals surface area contributed by atoms with E-state index in [0.717, 1.165) is 25.1 Å². The molecule has 2 heteroatoms. The van der Waals surface area contributed by atoms with Gasteiger partial charge in [0.15, 0.2) is 0 Å². The summed E-state index contributed by atoms with van der Waals surface area (Å²) in [5.41, 5.74) is 9.45. The zero-order chi connectivity index (χ0) is 12.8. The highest BCUT2D eigenvalue weighted by molar-refractivity contribution is 5.68. The molecule has 0 atom stereocenters. The van der Waals surface area contributed by atoms with Crippen LogP contribution in [-0.4, -0.2) is 13.7 Å². The summed E-state index contributed by atoms with van der Waals surface area (Å²) in [5, 5.41) is 0. The van der Waals surface area contributed by atoms with Crippen LogP contribution in [0.1, 0.15) is 12.0 Å². The summed E-state index contributed by atoms with van der Waals surface area (Å²) in [5.74, 6) is 0.887. The molecule has 0 unspecified atom stereocenters. The number of aryl methyl sites for hydroxylation is 1. The summed E-state index contributed by atoms with van der Waals surface area (Å²) in [4.78, 5) is 0. The van der Waals surface area contributed by atoms with E-state index in [2.05, 4.69) is 36.4 Å². The van der Waals surface area contributed by atoms with E-state index in [9.17, 15) is 0 Å². The number of methoxy groups -OCH3 is 1. The number of ether oxygens (including phenoxy) is 1. The zero-order valence-corrected chi connectivity index (χ0v) is 10.7. The molecule has 0 aromatic heterocycles. The molecule has 2 nitrogen and oxygen atoms in total. The first kappa shape index (κ1) is 12.7. The number of benzene rings is 2. The molecule has 0 saturated carbocycles. The van der Waals surface area contributed by atoms with Gasteiger partial charge in [-0.15, -0.1) is 0 Å². The van der Waals surface area contributed by atoms with Crippen LogP contribution < -0.4 is 10.5 Å². The molecule has 0 saturated heterocycles. The SMILES string of the molecule is COc1ccc(-c2ccccc2CCCN)cc1. The maximum atomic E-state index is 5.59. The Balaban J connectivity index is 2.30. The Morgan fingerprint density at radius 2 is 1.72 bits per heavy atom. The van der Waals surface area contributed by atoms with Gasteiger partial charge >= 0.3 is 0 Å². The summed E-state index contributed by atoms with van der Waals surface area (Å²) in [6.45, 7) is 0.733. The molecule has 0 spiro atoms. The summed E-state index contributed by atoms with van der Waals surface area (Å²) in [6, 6.07) is 16.7. The number of nitrogens with two attached hydrogens (primary N) is 1. The van der Waals surface area contributed by atoms with Gasteiger partial charge in [0.2, 0.25) is 0 Å². The summed E-state index contributed by atoms with van der Waals surface area (Å²) in [7, 11) is 1.68. The maximum absolute atomic E-state index is 5.59. The lowest BCUT2D eigenvalue weighted by atomic mass is 9.97. The molecule has 94 valence electrons. The molecule has 0 fully saturated rings. The number of hydrogen-bond acceptors (Lipinski definition) is 2. The molecular formula is C16H19NO. The molecule has 18 heavy (non-hydrogen) atoms.